The third-order valence-electron chi connectivity index (χ3n) is 2.39. The van der Waals surface area contributed by atoms with Crippen LogP contribution in [0.3, 0.4) is 0 Å². The highest BCUT2D eigenvalue weighted by atomic mass is 16.4. The Morgan fingerprint density at radius 3 is 2.85 bits per heavy atom. The summed E-state index contributed by atoms with van der Waals surface area (Å²) >= 11 is 0. The largest absolute Gasteiger partial charge is 0.481 e. The lowest BCUT2D eigenvalue weighted by molar-refractivity contribution is -0.139. The Morgan fingerprint density at radius 1 is 1.69 bits per heavy atom. The second kappa shape index (κ2) is 4.58. The zero-order valence-corrected chi connectivity index (χ0v) is 7.94. The molecule has 0 amide bonds. The van der Waals surface area contributed by atoms with Gasteiger partial charge in [-0.1, -0.05) is 6.92 Å². The summed E-state index contributed by atoms with van der Waals surface area (Å²) < 4.78 is 0. The van der Waals surface area contributed by atoms with Gasteiger partial charge in [-0.2, -0.15) is 0 Å². The van der Waals surface area contributed by atoms with Crippen LogP contribution in [0.15, 0.2) is 0 Å². The van der Waals surface area contributed by atoms with Crippen molar-refractivity contribution in [1.82, 2.24) is 4.90 Å². The standard InChI is InChI=1S/C9H17NO3/c1-7-2-3-10(5-7)6-8(11)4-9(12)13/h7-8,11H,2-6H2,1H3,(H,12,13). The Kier molecular flexibility index (Phi) is 3.69. The maximum Gasteiger partial charge on any atom is 0.306 e. The van der Waals surface area contributed by atoms with Crippen molar-refractivity contribution in [2.45, 2.75) is 25.9 Å². The molecule has 1 fully saturated rings. The minimum absolute atomic E-state index is 0.148. The summed E-state index contributed by atoms with van der Waals surface area (Å²) in [6, 6.07) is 0. The fourth-order valence-electron chi connectivity index (χ4n) is 1.76. The molecule has 0 aromatic heterocycles. The first-order chi connectivity index (χ1) is 6.08. The van der Waals surface area contributed by atoms with Gasteiger partial charge < -0.3 is 15.1 Å². The summed E-state index contributed by atoms with van der Waals surface area (Å²) in [6.45, 7) is 4.63. The van der Waals surface area contributed by atoms with Gasteiger partial charge in [-0.25, -0.2) is 0 Å². The van der Waals surface area contributed by atoms with Crippen LogP contribution in [0.4, 0.5) is 0 Å². The zero-order valence-electron chi connectivity index (χ0n) is 7.94. The third kappa shape index (κ3) is 3.74. The second-order valence-corrected chi connectivity index (χ2v) is 3.91. The molecule has 2 atom stereocenters. The highest BCUT2D eigenvalue weighted by Gasteiger charge is 2.21. The molecule has 1 rings (SSSR count). The molecule has 0 aliphatic carbocycles. The quantitative estimate of drug-likeness (QED) is 0.658. The van der Waals surface area contributed by atoms with Crippen molar-refractivity contribution in [2.24, 2.45) is 5.92 Å². The Balaban J connectivity index is 2.20. The van der Waals surface area contributed by atoms with Crippen LogP contribution in [0.2, 0.25) is 0 Å². The molecule has 0 saturated carbocycles. The van der Waals surface area contributed by atoms with Crippen molar-refractivity contribution in [2.75, 3.05) is 19.6 Å². The summed E-state index contributed by atoms with van der Waals surface area (Å²) in [6.07, 6.45) is 0.285. The number of β-amino-alcohol motifs (C(OH)–C–C–N with tert-alkyl or cyclic N) is 1. The fourth-order valence-corrected chi connectivity index (χ4v) is 1.76. The van der Waals surface area contributed by atoms with Crippen LogP contribution in [0, 0.1) is 5.92 Å². The van der Waals surface area contributed by atoms with Crippen LogP contribution in [0.5, 0.6) is 0 Å². The maximum atomic E-state index is 10.3. The molecule has 2 unspecified atom stereocenters. The number of likely N-dealkylation sites (tertiary alicyclic amines) is 1. The molecule has 2 N–H and O–H groups in total. The lowest BCUT2D eigenvalue weighted by Gasteiger charge is -2.18. The molecular weight excluding hydrogens is 170 g/mol. The molecule has 1 saturated heterocycles. The van der Waals surface area contributed by atoms with Gasteiger partial charge in [0.2, 0.25) is 0 Å². The lowest BCUT2D eigenvalue weighted by Crippen LogP contribution is -2.31. The normalized spacial score (nSPS) is 26.2. The highest BCUT2D eigenvalue weighted by Crippen LogP contribution is 2.15. The first kappa shape index (κ1) is 10.5. The second-order valence-electron chi connectivity index (χ2n) is 3.91. The van der Waals surface area contributed by atoms with Gasteiger partial charge >= 0.3 is 5.97 Å². The molecule has 76 valence electrons. The van der Waals surface area contributed by atoms with Gasteiger partial charge in [-0.05, 0) is 18.9 Å². The molecule has 0 aromatic carbocycles. The summed E-state index contributed by atoms with van der Waals surface area (Å²) in [5.74, 6) is -0.253. The van der Waals surface area contributed by atoms with E-state index in [0.29, 0.717) is 12.5 Å². The van der Waals surface area contributed by atoms with E-state index in [2.05, 4.69) is 11.8 Å². The lowest BCUT2D eigenvalue weighted by atomic mass is 10.2. The van der Waals surface area contributed by atoms with Gasteiger partial charge in [0.15, 0.2) is 0 Å². The number of carboxylic acid groups (broad SMARTS) is 1. The van der Waals surface area contributed by atoms with Crippen LogP contribution in [-0.2, 0) is 4.79 Å². The number of aliphatic hydroxyl groups is 1. The van der Waals surface area contributed by atoms with E-state index in [0.717, 1.165) is 19.5 Å². The molecule has 1 aliphatic rings. The van der Waals surface area contributed by atoms with E-state index < -0.39 is 12.1 Å². The molecule has 4 nitrogen and oxygen atoms in total. The SMILES string of the molecule is CC1CCN(CC(O)CC(=O)O)C1. The minimum atomic E-state index is -0.931. The van der Waals surface area contributed by atoms with E-state index in [1.807, 2.05) is 0 Å². The molecule has 1 aliphatic heterocycles. The van der Waals surface area contributed by atoms with Crippen molar-refractivity contribution in [1.29, 1.82) is 0 Å². The van der Waals surface area contributed by atoms with E-state index in [-0.39, 0.29) is 6.42 Å². The molecule has 1 heterocycles. The molecule has 4 heteroatoms. The first-order valence-electron chi connectivity index (χ1n) is 4.70. The van der Waals surface area contributed by atoms with Gasteiger partial charge in [0, 0.05) is 13.1 Å². The van der Waals surface area contributed by atoms with Crippen molar-refractivity contribution >= 4 is 5.97 Å². The number of carboxylic acids is 1. The van der Waals surface area contributed by atoms with Crippen LogP contribution in [-0.4, -0.2) is 46.8 Å². The van der Waals surface area contributed by atoms with E-state index in [1.165, 1.54) is 0 Å². The van der Waals surface area contributed by atoms with E-state index in [1.54, 1.807) is 0 Å². The van der Waals surface area contributed by atoms with Crippen molar-refractivity contribution < 1.29 is 15.0 Å². The Labute approximate surface area is 78.2 Å². The number of carbonyl (C=O) groups is 1. The molecule has 0 bridgehead atoms. The topological polar surface area (TPSA) is 60.8 Å². The van der Waals surface area contributed by atoms with E-state index in [9.17, 15) is 9.90 Å². The number of aliphatic carboxylic acids is 1. The highest BCUT2D eigenvalue weighted by molar-refractivity contribution is 5.67. The average molecular weight is 187 g/mol. The Morgan fingerprint density at radius 2 is 2.38 bits per heavy atom. The summed E-state index contributed by atoms with van der Waals surface area (Å²) in [4.78, 5) is 12.4. The van der Waals surface area contributed by atoms with E-state index >= 15 is 0 Å². The van der Waals surface area contributed by atoms with Crippen molar-refractivity contribution in [3.05, 3.63) is 0 Å². The average Bonchev–Trinajstić information content (AvgIpc) is 2.33. The molecule has 13 heavy (non-hydrogen) atoms. The maximum absolute atomic E-state index is 10.3. The predicted molar refractivity (Wildman–Crippen MR) is 48.5 cm³/mol. The third-order valence-corrected chi connectivity index (χ3v) is 2.39. The summed E-state index contributed by atoms with van der Waals surface area (Å²) in [7, 11) is 0. The number of hydrogen-bond donors (Lipinski definition) is 2. The minimum Gasteiger partial charge on any atom is -0.481 e. The zero-order chi connectivity index (χ0) is 9.84. The van der Waals surface area contributed by atoms with Gasteiger partial charge in [0.1, 0.15) is 0 Å². The Bertz CT molecular complexity index is 184. The van der Waals surface area contributed by atoms with Crippen LogP contribution >= 0.6 is 0 Å². The van der Waals surface area contributed by atoms with Gasteiger partial charge in [0.05, 0.1) is 12.5 Å². The van der Waals surface area contributed by atoms with Crippen LogP contribution in [0.25, 0.3) is 0 Å². The molecule has 0 radical (unpaired) electrons. The number of hydrogen-bond acceptors (Lipinski definition) is 3. The summed E-state index contributed by atoms with van der Waals surface area (Å²) in [5, 5.41) is 17.8. The van der Waals surface area contributed by atoms with Crippen molar-refractivity contribution in [3.8, 4) is 0 Å². The van der Waals surface area contributed by atoms with Crippen molar-refractivity contribution in [3.63, 3.8) is 0 Å². The Hall–Kier alpha value is -0.610. The summed E-state index contributed by atoms with van der Waals surface area (Å²) in [5.41, 5.74) is 0. The molecule has 0 spiro atoms. The fraction of sp³-hybridized carbons (Fsp3) is 0.889. The number of aliphatic hydroxyl groups excluding tert-OH is 1. The molecular formula is C9H17NO3. The van der Waals surface area contributed by atoms with E-state index in [4.69, 9.17) is 5.11 Å². The van der Waals surface area contributed by atoms with Crippen LogP contribution < -0.4 is 0 Å². The van der Waals surface area contributed by atoms with Gasteiger partial charge in [0.25, 0.3) is 0 Å². The van der Waals surface area contributed by atoms with Gasteiger partial charge in [-0.15, -0.1) is 0 Å². The first-order valence-corrected chi connectivity index (χ1v) is 4.70. The number of nitrogens with zero attached hydrogens (tertiary/aromatic N) is 1. The predicted octanol–water partition coefficient (Wildman–Crippen LogP) is 0.164. The monoisotopic (exact) mass is 187 g/mol. The smallest absolute Gasteiger partial charge is 0.306 e. The van der Waals surface area contributed by atoms with Crippen LogP contribution in [0.1, 0.15) is 19.8 Å². The van der Waals surface area contributed by atoms with Gasteiger partial charge in [-0.3, -0.25) is 4.79 Å². The number of rotatable bonds is 4. The molecule has 0 aromatic rings.